The maximum Gasteiger partial charge on any atom is 0.323 e. The molecule has 0 amide bonds. The van der Waals surface area contributed by atoms with Crippen molar-refractivity contribution in [3.05, 3.63) is 39.9 Å². The van der Waals surface area contributed by atoms with Crippen molar-refractivity contribution in [3.8, 4) is 0 Å². The van der Waals surface area contributed by atoms with Gasteiger partial charge in [-0.3, -0.25) is 19.8 Å². The summed E-state index contributed by atoms with van der Waals surface area (Å²) in [7, 11) is 0. The van der Waals surface area contributed by atoms with Crippen LogP contribution in [0.3, 0.4) is 0 Å². The third kappa shape index (κ3) is 2.58. The molecule has 1 fully saturated rings. The third-order valence-corrected chi connectivity index (χ3v) is 3.77. The Labute approximate surface area is 110 Å². The highest BCUT2D eigenvalue weighted by atomic mass is 16.6. The average Bonchev–Trinajstić information content (AvgIpc) is 2.73. The number of hydrogen-bond donors (Lipinski definition) is 1. The highest BCUT2D eigenvalue weighted by Crippen LogP contribution is 2.30. The molecule has 2 rings (SSSR count). The van der Waals surface area contributed by atoms with Crippen molar-refractivity contribution in [2.45, 2.75) is 31.8 Å². The van der Waals surface area contributed by atoms with Crippen LogP contribution in [-0.4, -0.2) is 33.0 Å². The number of carboxylic acid groups (broad SMARTS) is 1. The Morgan fingerprint density at radius 3 is 2.63 bits per heavy atom. The van der Waals surface area contributed by atoms with E-state index in [2.05, 4.69) is 0 Å². The van der Waals surface area contributed by atoms with E-state index in [0.717, 1.165) is 18.5 Å². The lowest BCUT2D eigenvalue weighted by atomic mass is 9.99. The van der Waals surface area contributed by atoms with Gasteiger partial charge in [-0.25, -0.2) is 0 Å². The van der Waals surface area contributed by atoms with E-state index in [1.807, 2.05) is 4.90 Å². The summed E-state index contributed by atoms with van der Waals surface area (Å²) in [5, 5.41) is 19.9. The van der Waals surface area contributed by atoms with Gasteiger partial charge in [0.2, 0.25) is 0 Å². The third-order valence-electron chi connectivity index (χ3n) is 3.77. The molecular formula is C13H16N2O4. The molecule has 1 N–H and O–H groups in total. The minimum Gasteiger partial charge on any atom is -0.480 e. The van der Waals surface area contributed by atoms with Crippen LogP contribution in [0.2, 0.25) is 0 Å². The number of hydrogen-bond acceptors (Lipinski definition) is 4. The molecule has 6 heteroatoms. The van der Waals surface area contributed by atoms with Gasteiger partial charge in [-0.1, -0.05) is 12.1 Å². The number of nitro benzene ring substituents is 1. The second-order valence-corrected chi connectivity index (χ2v) is 5.03. The standard InChI is InChI=1S/C13H16N2O4/c1-13(12(16)17)7-2-8-14(13)9-10-3-5-11(6-4-10)15(18)19/h3-6H,2,7-9H2,1H3,(H,16,17). The van der Waals surface area contributed by atoms with Crippen LogP contribution in [0.1, 0.15) is 25.3 Å². The molecule has 1 aliphatic rings. The second-order valence-electron chi connectivity index (χ2n) is 5.03. The SMILES string of the molecule is CC1(C(=O)O)CCCN1Cc1ccc([N+](=O)[O-])cc1. The number of carbonyl (C=O) groups is 1. The van der Waals surface area contributed by atoms with E-state index in [0.29, 0.717) is 13.0 Å². The van der Waals surface area contributed by atoms with Gasteiger partial charge in [0.05, 0.1) is 4.92 Å². The predicted molar refractivity (Wildman–Crippen MR) is 68.8 cm³/mol. The van der Waals surface area contributed by atoms with E-state index in [9.17, 15) is 20.0 Å². The molecule has 1 saturated heterocycles. The monoisotopic (exact) mass is 264 g/mol. The van der Waals surface area contributed by atoms with Gasteiger partial charge in [-0.2, -0.15) is 0 Å². The Morgan fingerprint density at radius 1 is 1.47 bits per heavy atom. The zero-order valence-corrected chi connectivity index (χ0v) is 10.7. The number of benzene rings is 1. The van der Waals surface area contributed by atoms with E-state index in [4.69, 9.17) is 0 Å². The van der Waals surface area contributed by atoms with Gasteiger partial charge in [-0.15, -0.1) is 0 Å². The number of nitro groups is 1. The molecule has 1 aromatic rings. The molecular weight excluding hydrogens is 248 g/mol. The van der Waals surface area contributed by atoms with Gasteiger partial charge in [0.1, 0.15) is 5.54 Å². The fourth-order valence-electron chi connectivity index (χ4n) is 2.46. The Balaban J connectivity index is 2.12. The Hall–Kier alpha value is -1.95. The first kappa shape index (κ1) is 13.5. The molecule has 1 atom stereocenters. The molecule has 0 radical (unpaired) electrons. The predicted octanol–water partition coefficient (Wildman–Crippen LogP) is 2.03. The summed E-state index contributed by atoms with van der Waals surface area (Å²) in [6, 6.07) is 6.25. The van der Waals surface area contributed by atoms with Crippen molar-refractivity contribution in [3.63, 3.8) is 0 Å². The van der Waals surface area contributed by atoms with E-state index in [1.165, 1.54) is 12.1 Å². The number of nitrogens with zero attached hydrogens (tertiary/aromatic N) is 2. The molecule has 1 aliphatic heterocycles. The quantitative estimate of drug-likeness (QED) is 0.664. The molecule has 1 heterocycles. The van der Waals surface area contributed by atoms with Crippen LogP contribution in [-0.2, 0) is 11.3 Å². The van der Waals surface area contributed by atoms with Gasteiger partial charge >= 0.3 is 5.97 Å². The van der Waals surface area contributed by atoms with Gasteiger partial charge in [-0.05, 0) is 31.9 Å². The minimum atomic E-state index is -0.832. The van der Waals surface area contributed by atoms with Gasteiger partial charge in [0.25, 0.3) is 5.69 Å². The number of rotatable bonds is 4. The summed E-state index contributed by atoms with van der Waals surface area (Å²) < 4.78 is 0. The zero-order valence-electron chi connectivity index (χ0n) is 10.7. The van der Waals surface area contributed by atoms with Crippen LogP contribution in [0.4, 0.5) is 5.69 Å². The first-order valence-corrected chi connectivity index (χ1v) is 6.15. The molecule has 1 unspecified atom stereocenters. The lowest BCUT2D eigenvalue weighted by Gasteiger charge is -2.31. The zero-order chi connectivity index (χ0) is 14.0. The largest absolute Gasteiger partial charge is 0.480 e. The molecule has 102 valence electrons. The van der Waals surface area contributed by atoms with Crippen LogP contribution in [0.15, 0.2) is 24.3 Å². The van der Waals surface area contributed by atoms with E-state index in [-0.39, 0.29) is 5.69 Å². The van der Waals surface area contributed by atoms with Crippen LogP contribution in [0, 0.1) is 10.1 Å². The van der Waals surface area contributed by atoms with E-state index < -0.39 is 16.4 Å². The first-order valence-electron chi connectivity index (χ1n) is 6.15. The van der Waals surface area contributed by atoms with E-state index in [1.54, 1.807) is 19.1 Å². The summed E-state index contributed by atoms with van der Waals surface area (Å²) in [6.07, 6.45) is 1.49. The normalized spacial score (nSPS) is 23.4. The molecule has 0 aliphatic carbocycles. The van der Waals surface area contributed by atoms with Crippen molar-refractivity contribution in [1.82, 2.24) is 4.90 Å². The Bertz CT molecular complexity index is 500. The fraction of sp³-hybridized carbons (Fsp3) is 0.462. The topological polar surface area (TPSA) is 83.7 Å². The Morgan fingerprint density at radius 2 is 2.11 bits per heavy atom. The summed E-state index contributed by atoms with van der Waals surface area (Å²) in [6.45, 7) is 2.97. The lowest BCUT2D eigenvalue weighted by molar-refractivity contribution is -0.384. The molecule has 1 aromatic carbocycles. The summed E-state index contributed by atoms with van der Waals surface area (Å²) in [5.74, 6) is -0.813. The van der Waals surface area contributed by atoms with E-state index >= 15 is 0 Å². The van der Waals surface area contributed by atoms with Crippen LogP contribution < -0.4 is 0 Å². The number of non-ortho nitro benzene ring substituents is 1. The minimum absolute atomic E-state index is 0.0474. The van der Waals surface area contributed by atoms with Crippen molar-refractivity contribution in [2.75, 3.05) is 6.54 Å². The second kappa shape index (κ2) is 4.97. The number of carboxylic acids is 1. The van der Waals surface area contributed by atoms with Crippen LogP contribution >= 0.6 is 0 Å². The Kier molecular flexibility index (Phi) is 3.53. The maximum atomic E-state index is 11.3. The molecule has 0 saturated carbocycles. The molecule has 0 bridgehead atoms. The number of aliphatic carboxylic acids is 1. The fourth-order valence-corrected chi connectivity index (χ4v) is 2.46. The van der Waals surface area contributed by atoms with Crippen LogP contribution in [0.5, 0.6) is 0 Å². The smallest absolute Gasteiger partial charge is 0.323 e. The molecule has 0 aromatic heterocycles. The highest BCUT2D eigenvalue weighted by molar-refractivity contribution is 5.78. The summed E-state index contributed by atoms with van der Waals surface area (Å²) in [4.78, 5) is 23.4. The highest BCUT2D eigenvalue weighted by Gasteiger charge is 2.43. The van der Waals surface area contributed by atoms with Gasteiger partial charge in [0.15, 0.2) is 0 Å². The molecule has 0 spiro atoms. The average molecular weight is 264 g/mol. The lowest BCUT2D eigenvalue weighted by Crippen LogP contribution is -2.47. The number of likely N-dealkylation sites (tertiary alicyclic amines) is 1. The molecule has 6 nitrogen and oxygen atoms in total. The molecule has 19 heavy (non-hydrogen) atoms. The van der Waals surface area contributed by atoms with Gasteiger partial charge < -0.3 is 5.11 Å². The summed E-state index contributed by atoms with van der Waals surface area (Å²) in [5.41, 5.74) is 0.105. The summed E-state index contributed by atoms with van der Waals surface area (Å²) >= 11 is 0. The van der Waals surface area contributed by atoms with Gasteiger partial charge in [0, 0.05) is 18.7 Å². The first-order chi connectivity index (χ1) is 8.93. The van der Waals surface area contributed by atoms with Crippen molar-refractivity contribution in [2.24, 2.45) is 0 Å². The van der Waals surface area contributed by atoms with Crippen molar-refractivity contribution >= 4 is 11.7 Å². The maximum absolute atomic E-state index is 11.3. The van der Waals surface area contributed by atoms with Crippen molar-refractivity contribution in [1.29, 1.82) is 0 Å². The van der Waals surface area contributed by atoms with Crippen molar-refractivity contribution < 1.29 is 14.8 Å². The van der Waals surface area contributed by atoms with Crippen LogP contribution in [0.25, 0.3) is 0 Å².